The zero-order valence-corrected chi connectivity index (χ0v) is 16.8. The topological polar surface area (TPSA) is 85.0 Å². The smallest absolute Gasteiger partial charge is 0.266 e. The maximum Gasteiger partial charge on any atom is 0.266 e. The Morgan fingerprint density at radius 3 is 2.68 bits per heavy atom. The van der Waals surface area contributed by atoms with Crippen molar-refractivity contribution in [3.63, 3.8) is 0 Å². The summed E-state index contributed by atoms with van der Waals surface area (Å²) < 4.78 is 16.6. The molecule has 3 aromatic heterocycles. The number of hydrogen-bond donors (Lipinski definition) is 0. The predicted octanol–water partition coefficient (Wildman–Crippen LogP) is 1.33. The normalized spacial score (nSPS) is 14.9. The Morgan fingerprint density at radius 1 is 1.00 bits per heavy atom. The molecule has 5 rings (SSSR count). The first-order valence-electron chi connectivity index (χ1n) is 10.1. The second-order valence-electron chi connectivity index (χ2n) is 7.39. The molecule has 4 heterocycles. The summed E-state index contributed by atoms with van der Waals surface area (Å²) in [7, 11) is 0. The summed E-state index contributed by atoms with van der Waals surface area (Å²) in [6.45, 7) is 4.47. The van der Waals surface area contributed by atoms with Crippen molar-refractivity contribution < 1.29 is 4.39 Å². The van der Waals surface area contributed by atoms with Crippen molar-refractivity contribution in [1.82, 2.24) is 34.4 Å². The molecule has 0 N–H and O–H groups in total. The molecule has 1 aromatic carbocycles. The number of halogens is 1. The van der Waals surface area contributed by atoms with Crippen LogP contribution in [0.3, 0.4) is 0 Å². The quantitative estimate of drug-likeness (QED) is 0.482. The van der Waals surface area contributed by atoms with Gasteiger partial charge in [-0.15, -0.1) is 5.10 Å². The number of rotatable bonds is 5. The molecule has 0 aliphatic carbocycles. The highest BCUT2D eigenvalue weighted by Gasteiger charge is 2.20. The molecule has 0 saturated carbocycles. The van der Waals surface area contributed by atoms with Crippen LogP contribution < -0.4 is 10.5 Å². The number of piperazine rings is 1. The van der Waals surface area contributed by atoms with Gasteiger partial charge in [-0.25, -0.2) is 23.7 Å². The van der Waals surface area contributed by atoms with Gasteiger partial charge in [0.05, 0.1) is 12.1 Å². The molecule has 0 unspecified atom stereocenters. The third kappa shape index (κ3) is 4.02. The van der Waals surface area contributed by atoms with E-state index in [4.69, 9.17) is 0 Å². The first kappa shape index (κ1) is 19.3. The van der Waals surface area contributed by atoms with Crippen LogP contribution in [0, 0.1) is 5.82 Å². The molecule has 1 aliphatic rings. The average molecular weight is 420 g/mol. The van der Waals surface area contributed by atoms with E-state index in [2.05, 4.69) is 30.0 Å². The van der Waals surface area contributed by atoms with E-state index in [1.54, 1.807) is 29.2 Å². The molecule has 31 heavy (non-hydrogen) atoms. The van der Waals surface area contributed by atoms with Crippen LogP contribution in [0.15, 0.2) is 59.9 Å². The summed E-state index contributed by atoms with van der Waals surface area (Å²) >= 11 is 0. The largest absolute Gasteiger partial charge is 0.353 e. The lowest BCUT2D eigenvalue weighted by atomic mass is 10.2. The number of nitrogens with zero attached hydrogens (tertiary/aromatic N) is 8. The molecule has 9 nitrogen and oxygen atoms in total. The Labute approximate surface area is 177 Å². The second-order valence-corrected chi connectivity index (χ2v) is 7.39. The highest BCUT2D eigenvalue weighted by molar-refractivity contribution is 5.89. The lowest BCUT2D eigenvalue weighted by molar-refractivity contribution is 0.242. The van der Waals surface area contributed by atoms with E-state index in [-0.39, 0.29) is 11.4 Å². The number of fused-ring (bicyclic) bond motifs is 1. The summed E-state index contributed by atoms with van der Waals surface area (Å²) in [5, 5.41) is 9.44. The van der Waals surface area contributed by atoms with Crippen molar-refractivity contribution in [3.8, 4) is 5.82 Å². The fourth-order valence-electron chi connectivity index (χ4n) is 3.81. The standard InChI is InChI=1S/C21H21FN8O/c22-16-2-3-17-18(14-16)23-15-24-21(17)28-11-8-27(9-12-28)10-13-30-20(31)5-4-19(26-30)29-7-1-6-25-29/h1-7,14-15H,8-13H2. The first-order valence-corrected chi connectivity index (χ1v) is 10.1. The van der Waals surface area contributed by atoms with Crippen LogP contribution in [0.25, 0.3) is 16.7 Å². The third-order valence-corrected chi connectivity index (χ3v) is 5.47. The van der Waals surface area contributed by atoms with Crippen LogP contribution in [0.5, 0.6) is 0 Å². The van der Waals surface area contributed by atoms with Crippen LogP contribution in [0.4, 0.5) is 10.2 Å². The highest BCUT2D eigenvalue weighted by atomic mass is 19.1. The van der Waals surface area contributed by atoms with Crippen molar-refractivity contribution in [2.24, 2.45) is 0 Å². The van der Waals surface area contributed by atoms with Gasteiger partial charge in [0.15, 0.2) is 5.82 Å². The molecule has 1 saturated heterocycles. The molecule has 0 radical (unpaired) electrons. The molecule has 0 spiro atoms. The molecule has 0 atom stereocenters. The Balaban J connectivity index is 1.23. The molecule has 10 heteroatoms. The zero-order chi connectivity index (χ0) is 21.2. The van der Waals surface area contributed by atoms with Gasteiger partial charge in [-0.1, -0.05) is 0 Å². The van der Waals surface area contributed by atoms with Crippen molar-refractivity contribution >= 4 is 16.7 Å². The van der Waals surface area contributed by atoms with Crippen molar-refractivity contribution in [2.75, 3.05) is 37.6 Å². The van der Waals surface area contributed by atoms with Gasteiger partial charge in [-0.05, 0) is 24.3 Å². The molecule has 0 bridgehead atoms. The van der Waals surface area contributed by atoms with E-state index in [9.17, 15) is 9.18 Å². The SMILES string of the molecule is O=c1ccc(-n2cccn2)nn1CCN1CCN(c2ncnc3cc(F)ccc23)CC1. The van der Waals surface area contributed by atoms with Crippen LogP contribution in [0.1, 0.15) is 0 Å². The molecule has 158 valence electrons. The van der Waals surface area contributed by atoms with E-state index >= 15 is 0 Å². The molecular formula is C21H21FN8O. The number of aromatic nitrogens is 6. The van der Waals surface area contributed by atoms with E-state index in [1.807, 2.05) is 6.07 Å². The van der Waals surface area contributed by atoms with E-state index in [0.29, 0.717) is 17.9 Å². The van der Waals surface area contributed by atoms with E-state index in [0.717, 1.165) is 43.9 Å². The maximum atomic E-state index is 13.5. The summed E-state index contributed by atoms with van der Waals surface area (Å²) in [6, 6.07) is 9.60. The number of hydrogen-bond acceptors (Lipinski definition) is 7. The molecule has 4 aromatic rings. The molecule has 0 amide bonds. The van der Waals surface area contributed by atoms with Crippen LogP contribution in [-0.4, -0.2) is 67.2 Å². The van der Waals surface area contributed by atoms with Gasteiger partial charge in [-0.2, -0.15) is 5.10 Å². The summed E-state index contributed by atoms with van der Waals surface area (Å²) in [5.41, 5.74) is 0.476. The van der Waals surface area contributed by atoms with Gasteiger partial charge in [-0.3, -0.25) is 9.69 Å². The van der Waals surface area contributed by atoms with Gasteiger partial charge in [0.1, 0.15) is 18.0 Å². The Kier molecular flexibility index (Phi) is 5.13. The van der Waals surface area contributed by atoms with Gasteiger partial charge >= 0.3 is 0 Å². The van der Waals surface area contributed by atoms with Crippen LogP contribution in [0.2, 0.25) is 0 Å². The molecule has 1 aliphatic heterocycles. The Bertz CT molecular complexity index is 1250. The lowest BCUT2D eigenvalue weighted by Gasteiger charge is -2.35. The van der Waals surface area contributed by atoms with Gasteiger partial charge < -0.3 is 4.90 Å². The van der Waals surface area contributed by atoms with Crippen LogP contribution >= 0.6 is 0 Å². The Hall–Kier alpha value is -3.66. The van der Waals surface area contributed by atoms with Crippen molar-refractivity contribution in [2.45, 2.75) is 6.54 Å². The third-order valence-electron chi connectivity index (χ3n) is 5.47. The van der Waals surface area contributed by atoms with Gasteiger partial charge in [0, 0.05) is 62.6 Å². The van der Waals surface area contributed by atoms with Gasteiger partial charge in [0.25, 0.3) is 5.56 Å². The average Bonchev–Trinajstić information content (AvgIpc) is 3.33. The summed E-state index contributed by atoms with van der Waals surface area (Å²) in [6.07, 6.45) is 4.95. The van der Waals surface area contributed by atoms with Crippen molar-refractivity contribution in [1.29, 1.82) is 0 Å². The second kappa shape index (κ2) is 8.23. The predicted molar refractivity (Wildman–Crippen MR) is 114 cm³/mol. The lowest BCUT2D eigenvalue weighted by Crippen LogP contribution is -2.48. The van der Waals surface area contributed by atoms with Gasteiger partial charge in [0.2, 0.25) is 0 Å². The minimum absolute atomic E-state index is 0.130. The fraction of sp³-hybridized carbons (Fsp3) is 0.286. The maximum absolute atomic E-state index is 13.5. The summed E-state index contributed by atoms with van der Waals surface area (Å²) in [5.74, 6) is 1.14. The van der Waals surface area contributed by atoms with Crippen LogP contribution in [-0.2, 0) is 6.54 Å². The van der Waals surface area contributed by atoms with Crippen molar-refractivity contribution in [3.05, 3.63) is 71.3 Å². The minimum Gasteiger partial charge on any atom is -0.353 e. The number of benzene rings is 1. The van der Waals surface area contributed by atoms with E-state index < -0.39 is 0 Å². The summed E-state index contributed by atoms with van der Waals surface area (Å²) in [4.78, 5) is 25.3. The molecular weight excluding hydrogens is 399 g/mol. The zero-order valence-electron chi connectivity index (χ0n) is 16.8. The van der Waals surface area contributed by atoms with E-state index in [1.165, 1.54) is 29.2 Å². The monoisotopic (exact) mass is 420 g/mol. The Morgan fingerprint density at radius 2 is 1.87 bits per heavy atom. The first-order chi connectivity index (χ1) is 15.2. The fourth-order valence-corrected chi connectivity index (χ4v) is 3.81. The minimum atomic E-state index is -0.303. The molecule has 1 fully saturated rings. The number of anilines is 1. The highest BCUT2D eigenvalue weighted by Crippen LogP contribution is 2.24.